The maximum Gasteiger partial charge on any atom is 0.216 e. The summed E-state index contributed by atoms with van der Waals surface area (Å²) < 4.78 is 0. The van der Waals surface area contributed by atoms with Gasteiger partial charge < -0.3 is 5.32 Å². The molecule has 1 aromatic rings. The molecular formula is C14H19NO. The minimum atomic E-state index is 0.0274. The molecule has 2 heteroatoms. The first-order valence-electron chi connectivity index (χ1n) is 5.58. The molecule has 0 saturated heterocycles. The van der Waals surface area contributed by atoms with Gasteiger partial charge in [-0.15, -0.1) is 0 Å². The van der Waals surface area contributed by atoms with Crippen molar-refractivity contribution < 1.29 is 4.79 Å². The Morgan fingerprint density at radius 3 is 2.69 bits per heavy atom. The second-order valence-corrected chi connectivity index (χ2v) is 4.02. The van der Waals surface area contributed by atoms with Gasteiger partial charge in [0.1, 0.15) is 0 Å². The molecule has 0 aliphatic rings. The van der Waals surface area contributed by atoms with Crippen LogP contribution in [0, 0.1) is 13.8 Å². The molecule has 2 nitrogen and oxygen atoms in total. The Bertz CT molecular complexity index is 394. The van der Waals surface area contributed by atoms with Crippen molar-refractivity contribution in [1.82, 2.24) is 5.32 Å². The third-order valence-corrected chi connectivity index (χ3v) is 2.53. The van der Waals surface area contributed by atoms with Gasteiger partial charge in [0.25, 0.3) is 0 Å². The number of carbonyl (C=O) groups excluding carboxylic acids is 1. The lowest BCUT2D eigenvalue weighted by Crippen LogP contribution is -2.20. The van der Waals surface area contributed by atoms with E-state index >= 15 is 0 Å². The molecule has 1 rings (SSSR count). The van der Waals surface area contributed by atoms with Gasteiger partial charge in [-0.1, -0.05) is 30.4 Å². The van der Waals surface area contributed by atoms with Gasteiger partial charge in [0.15, 0.2) is 0 Å². The second kappa shape index (κ2) is 6.11. The van der Waals surface area contributed by atoms with Gasteiger partial charge in [0.05, 0.1) is 0 Å². The molecule has 1 amide bonds. The van der Waals surface area contributed by atoms with Gasteiger partial charge in [-0.25, -0.2) is 0 Å². The van der Waals surface area contributed by atoms with Crippen LogP contribution in [-0.2, 0) is 4.79 Å². The van der Waals surface area contributed by atoms with Crippen molar-refractivity contribution in [3.05, 3.63) is 41.0 Å². The SMILES string of the molecule is CC(=O)NCC/C=C/c1ccc(C)c(C)c1. The third kappa shape index (κ3) is 4.30. The number of rotatable bonds is 4. The first-order chi connectivity index (χ1) is 7.59. The summed E-state index contributed by atoms with van der Waals surface area (Å²) in [6.45, 7) is 6.47. The second-order valence-electron chi connectivity index (χ2n) is 4.02. The van der Waals surface area contributed by atoms with E-state index in [0.717, 1.165) is 6.42 Å². The number of carbonyl (C=O) groups is 1. The van der Waals surface area contributed by atoms with Gasteiger partial charge in [-0.05, 0) is 37.0 Å². The number of nitrogens with one attached hydrogen (secondary N) is 1. The predicted molar refractivity (Wildman–Crippen MR) is 68.3 cm³/mol. The van der Waals surface area contributed by atoms with Crippen molar-refractivity contribution >= 4 is 12.0 Å². The number of benzene rings is 1. The summed E-state index contributed by atoms with van der Waals surface area (Å²) in [5.41, 5.74) is 3.84. The molecule has 0 aliphatic carbocycles. The van der Waals surface area contributed by atoms with Crippen LogP contribution < -0.4 is 5.32 Å². The first kappa shape index (κ1) is 12.5. The highest BCUT2D eigenvalue weighted by molar-refractivity contribution is 5.72. The molecule has 0 atom stereocenters. The van der Waals surface area contributed by atoms with Crippen LogP contribution in [0.5, 0.6) is 0 Å². The van der Waals surface area contributed by atoms with Gasteiger partial charge in [0, 0.05) is 13.5 Å². The summed E-state index contributed by atoms with van der Waals surface area (Å²) in [4.78, 5) is 10.6. The highest BCUT2D eigenvalue weighted by Gasteiger charge is 1.92. The molecule has 1 N–H and O–H groups in total. The zero-order valence-electron chi connectivity index (χ0n) is 10.2. The summed E-state index contributed by atoms with van der Waals surface area (Å²) in [6.07, 6.45) is 5.04. The van der Waals surface area contributed by atoms with E-state index in [4.69, 9.17) is 0 Å². The van der Waals surface area contributed by atoms with E-state index in [9.17, 15) is 4.79 Å². The lowest BCUT2D eigenvalue weighted by atomic mass is 10.1. The first-order valence-corrected chi connectivity index (χ1v) is 5.58. The Kier molecular flexibility index (Phi) is 4.77. The number of aryl methyl sites for hydroxylation is 2. The molecule has 0 aromatic heterocycles. The van der Waals surface area contributed by atoms with E-state index in [0.29, 0.717) is 6.54 Å². The van der Waals surface area contributed by atoms with E-state index in [1.165, 1.54) is 23.6 Å². The summed E-state index contributed by atoms with van der Waals surface area (Å²) in [6, 6.07) is 6.41. The van der Waals surface area contributed by atoms with E-state index in [1.807, 2.05) is 0 Å². The van der Waals surface area contributed by atoms with Crippen LogP contribution in [-0.4, -0.2) is 12.5 Å². The molecule has 0 aliphatic heterocycles. The zero-order valence-corrected chi connectivity index (χ0v) is 10.2. The molecule has 0 unspecified atom stereocenters. The van der Waals surface area contributed by atoms with Crippen LogP contribution in [0.2, 0.25) is 0 Å². The standard InChI is InChI=1S/C14H19NO/c1-11-7-8-14(10-12(11)2)6-4-5-9-15-13(3)16/h4,6-8,10H,5,9H2,1-3H3,(H,15,16)/b6-4+. The van der Waals surface area contributed by atoms with Gasteiger partial charge in [-0.2, -0.15) is 0 Å². The van der Waals surface area contributed by atoms with E-state index in [1.54, 1.807) is 0 Å². The van der Waals surface area contributed by atoms with E-state index in [2.05, 4.69) is 49.5 Å². The van der Waals surface area contributed by atoms with Crippen molar-refractivity contribution in [2.75, 3.05) is 6.54 Å². The molecule has 16 heavy (non-hydrogen) atoms. The number of amides is 1. The maximum absolute atomic E-state index is 10.6. The molecule has 0 fully saturated rings. The Morgan fingerprint density at radius 2 is 2.06 bits per heavy atom. The van der Waals surface area contributed by atoms with Crippen molar-refractivity contribution in [2.24, 2.45) is 0 Å². The fourth-order valence-corrected chi connectivity index (χ4v) is 1.42. The molecule has 0 radical (unpaired) electrons. The lowest BCUT2D eigenvalue weighted by Gasteiger charge is -2.01. The van der Waals surface area contributed by atoms with Gasteiger partial charge in [-0.3, -0.25) is 4.79 Å². The molecule has 0 heterocycles. The van der Waals surface area contributed by atoms with Crippen LogP contribution >= 0.6 is 0 Å². The van der Waals surface area contributed by atoms with Gasteiger partial charge in [0.2, 0.25) is 5.91 Å². The van der Waals surface area contributed by atoms with Crippen LogP contribution in [0.1, 0.15) is 30.0 Å². The smallest absolute Gasteiger partial charge is 0.216 e. The van der Waals surface area contributed by atoms with Crippen LogP contribution in [0.15, 0.2) is 24.3 Å². The van der Waals surface area contributed by atoms with Gasteiger partial charge >= 0.3 is 0 Å². The Morgan fingerprint density at radius 1 is 1.31 bits per heavy atom. The van der Waals surface area contributed by atoms with Crippen LogP contribution in [0.3, 0.4) is 0 Å². The quantitative estimate of drug-likeness (QED) is 0.772. The molecule has 0 bridgehead atoms. The molecule has 0 saturated carbocycles. The van der Waals surface area contributed by atoms with Crippen LogP contribution in [0.4, 0.5) is 0 Å². The van der Waals surface area contributed by atoms with Crippen molar-refractivity contribution in [2.45, 2.75) is 27.2 Å². The minimum absolute atomic E-state index is 0.0274. The normalized spacial score (nSPS) is 10.7. The van der Waals surface area contributed by atoms with E-state index in [-0.39, 0.29) is 5.91 Å². The summed E-state index contributed by atoms with van der Waals surface area (Å²) in [7, 11) is 0. The van der Waals surface area contributed by atoms with Crippen LogP contribution in [0.25, 0.3) is 6.08 Å². The highest BCUT2D eigenvalue weighted by atomic mass is 16.1. The molecular weight excluding hydrogens is 198 g/mol. The fraction of sp³-hybridized carbons (Fsp3) is 0.357. The van der Waals surface area contributed by atoms with Crippen molar-refractivity contribution in [3.8, 4) is 0 Å². The number of hydrogen-bond acceptors (Lipinski definition) is 1. The summed E-state index contributed by atoms with van der Waals surface area (Å²) >= 11 is 0. The zero-order chi connectivity index (χ0) is 12.0. The lowest BCUT2D eigenvalue weighted by molar-refractivity contribution is -0.118. The molecule has 86 valence electrons. The highest BCUT2D eigenvalue weighted by Crippen LogP contribution is 2.11. The average molecular weight is 217 g/mol. The largest absolute Gasteiger partial charge is 0.356 e. The maximum atomic E-state index is 10.6. The minimum Gasteiger partial charge on any atom is -0.356 e. The monoisotopic (exact) mass is 217 g/mol. The third-order valence-electron chi connectivity index (χ3n) is 2.53. The van der Waals surface area contributed by atoms with Crippen molar-refractivity contribution in [1.29, 1.82) is 0 Å². The fourth-order valence-electron chi connectivity index (χ4n) is 1.42. The Labute approximate surface area is 97.4 Å². The topological polar surface area (TPSA) is 29.1 Å². The van der Waals surface area contributed by atoms with Crippen molar-refractivity contribution in [3.63, 3.8) is 0 Å². The molecule has 0 spiro atoms. The Balaban J connectivity index is 2.44. The average Bonchev–Trinajstić information content (AvgIpc) is 2.22. The summed E-state index contributed by atoms with van der Waals surface area (Å²) in [5.74, 6) is 0.0274. The predicted octanol–water partition coefficient (Wildman–Crippen LogP) is 2.84. The number of hydrogen-bond donors (Lipinski definition) is 1. The van der Waals surface area contributed by atoms with E-state index < -0.39 is 0 Å². The Hall–Kier alpha value is -1.57. The molecule has 1 aromatic carbocycles. The summed E-state index contributed by atoms with van der Waals surface area (Å²) in [5, 5.41) is 2.76.